The van der Waals surface area contributed by atoms with Crippen molar-refractivity contribution in [3.63, 3.8) is 0 Å². The number of hydrogen-bond acceptors (Lipinski definition) is 1. The van der Waals surface area contributed by atoms with Crippen molar-refractivity contribution in [2.45, 2.75) is 0 Å². The third kappa shape index (κ3) is 5.95. The van der Waals surface area contributed by atoms with Gasteiger partial charge in [-0.05, 0) is 104 Å². The van der Waals surface area contributed by atoms with Crippen LogP contribution in [0.3, 0.4) is 0 Å². The van der Waals surface area contributed by atoms with E-state index in [1.807, 2.05) is 0 Å². The van der Waals surface area contributed by atoms with Gasteiger partial charge in [0.1, 0.15) is 0 Å². The Balaban J connectivity index is 1.11. The maximum Gasteiger partial charge on any atom is 0.0467 e. The van der Waals surface area contributed by atoms with Crippen LogP contribution in [-0.4, -0.2) is 0 Å². The Hall–Kier alpha value is -6.18. The summed E-state index contributed by atoms with van der Waals surface area (Å²) in [4.78, 5) is 2.33. The molecule has 0 unspecified atom stereocenters. The fourth-order valence-electron chi connectivity index (χ4n) is 6.38. The summed E-state index contributed by atoms with van der Waals surface area (Å²) < 4.78 is 0. The molecule has 47 heavy (non-hydrogen) atoms. The SMILES string of the molecule is c1ccc(-c2ccc(-c3cccc(N(c4ccccc4)c4ccc(-c5cccc(-c6ccc7ccccc7c6)c5)cc4)c3)cc2)cc1. The molecular formula is C46H33N. The van der Waals surface area contributed by atoms with Crippen molar-refractivity contribution in [3.05, 3.63) is 200 Å². The average Bonchev–Trinajstić information content (AvgIpc) is 3.16. The maximum absolute atomic E-state index is 2.33. The Labute approximate surface area is 276 Å². The molecule has 222 valence electrons. The van der Waals surface area contributed by atoms with E-state index in [9.17, 15) is 0 Å². The smallest absolute Gasteiger partial charge is 0.0467 e. The summed E-state index contributed by atoms with van der Waals surface area (Å²) in [6.07, 6.45) is 0. The molecule has 0 aromatic heterocycles. The summed E-state index contributed by atoms with van der Waals surface area (Å²) >= 11 is 0. The first-order valence-electron chi connectivity index (χ1n) is 16.1. The van der Waals surface area contributed by atoms with Crippen LogP contribution in [-0.2, 0) is 0 Å². The number of rotatable bonds is 7. The van der Waals surface area contributed by atoms with Crippen LogP contribution in [0.4, 0.5) is 17.1 Å². The minimum absolute atomic E-state index is 1.11. The minimum Gasteiger partial charge on any atom is -0.310 e. The van der Waals surface area contributed by atoms with Gasteiger partial charge in [-0.3, -0.25) is 0 Å². The molecule has 0 atom stereocenters. The molecule has 0 fully saturated rings. The Morgan fingerprint density at radius 2 is 0.617 bits per heavy atom. The standard InChI is InChI=1S/C46H33N/c1-3-11-34(12-4-1)36-21-23-37(24-22-36)42-17-10-20-46(33-42)47(44-18-5-2-6-19-44)45-29-27-38(28-30-45)40-15-9-16-41(31-40)43-26-25-35-13-7-8-14-39(35)32-43/h1-33H. The van der Waals surface area contributed by atoms with Crippen molar-refractivity contribution in [2.24, 2.45) is 0 Å². The Morgan fingerprint density at radius 3 is 1.32 bits per heavy atom. The number of fused-ring (bicyclic) bond motifs is 1. The van der Waals surface area contributed by atoms with E-state index in [4.69, 9.17) is 0 Å². The molecular weight excluding hydrogens is 567 g/mol. The first-order valence-corrected chi connectivity index (χ1v) is 16.1. The third-order valence-corrected chi connectivity index (χ3v) is 8.85. The van der Waals surface area contributed by atoms with Crippen LogP contribution in [0.5, 0.6) is 0 Å². The zero-order valence-electron chi connectivity index (χ0n) is 26.0. The van der Waals surface area contributed by atoms with Gasteiger partial charge in [-0.2, -0.15) is 0 Å². The van der Waals surface area contributed by atoms with Gasteiger partial charge in [0, 0.05) is 17.1 Å². The van der Waals surface area contributed by atoms with Gasteiger partial charge in [-0.25, -0.2) is 0 Å². The van der Waals surface area contributed by atoms with Crippen LogP contribution in [0.2, 0.25) is 0 Å². The van der Waals surface area contributed by atoms with Gasteiger partial charge in [0.05, 0.1) is 0 Å². The van der Waals surface area contributed by atoms with E-state index in [0.29, 0.717) is 0 Å². The molecule has 1 heteroatoms. The van der Waals surface area contributed by atoms with Gasteiger partial charge in [-0.15, -0.1) is 0 Å². The molecule has 0 aliphatic carbocycles. The summed E-state index contributed by atoms with van der Waals surface area (Å²) in [5, 5.41) is 2.52. The minimum atomic E-state index is 1.11. The van der Waals surface area contributed by atoms with Crippen molar-refractivity contribution in [2.75, 3.05) is 4.90 Å². The highest BCUT2D eigenvalue weighted by Gasteiger charge is 2.14. The number of nitrogens with zero attached hydrogens (tertiary/aromatic N) is 1. The van der Waals surface area contributed by atoms with E-state index in [0.717, 1.165) is 17.1 Å². The lowest BCUT2D eigenvalue weighted by Crippen LogP contribution is -2.09. The largest absolute Gasteiger partial charge is 0.310 e. The quantitative estimate of drug-likeness (QED) is 0.176. The summed E-state index contributed by atoms with van der Waals surface area (Å²) in [5.74, 6) is 0. The van der Waals surface area contributed by atoms with Crippen LogP contribution in [0, 0.1) is 0 Å². The lowest BCUT2D eigenvalue weighted by Gasteiger charge is -2.26. The van der Waals surface area contributed by atoms with Crippen LogP contribution in [0.15, 0.2) is 200 Å². The number of para-hydroxylation sites is 1. The van der Waals surface area contributed by atoms with E-state index in [1.165, 1.54) is 55.3 Å². The zero-order valence-corrected chi connectivity index (χ0v) is 26.0. The maximum atomic E-state index is 2.33. The van der Waals surface area contributed by atoms with E-state index >= 15 is 0 Å². The Kier molecular flexibility index (Phi) is 7.63. The molecule has 1 nitrogen and oxygen atoms in total. The number of hydrogen-bond donors (Lipinski definition) is 0. The van der Waals surface area contributed by atoms with Gasteiger partial charge in [0.15, 0.2) is 0 Å². The molecule has 8 aromatic rings. The van der Waals surface area contributed by atoms with Gasteiger partial charge in [0.25, 0.3) is 0 Å². The summed E-state index contributed by atoms with van der Waals surface area (Å²) in [6, 6.07) is 71.8. The highest BCUT2D eigenvalue weighted by molar-refractivity contribution is 5.88. The molecule has 0 radical (unpaired) electrons. The van der Waals surface area contributed by atoms with Crippen molar-refractivity contribution < 1.29 is 0 Å². The molecule has 0 saturated carbocycles. The highest BCUT2D eigenvalue weighted by atomic mass is 15.1. The highest BCUT2D eigenvalue weighted by Crippen LogP contribution is 2.38. The Morgan fingerprint density at radius 1 is 0.213 bits per heavy atom. The molecule has 0 saturated heterocycles. The van der Waals surface area contributed by atoms with Gasteiger partial charge < -0.3 is 4.90 Å². The van der Waals surface area contributed by atoms with Crippen LogP contribution >= 0.6 is 0 Å². The van der Waals surface area contributed by atoms with Crippen LogP contribution in [0.1, 0.15) is 0 Å². The molecule has 8 aromatic carbocycles. The van der Waals surface area contributed by atoms with E-state index < -0.39 is 0 Å². The fourth-order valence-corrected chi connectivity index (χ4v) is 6.38. The number of benzene rings is 8. The molecule has 0 bridgehead atoms. The molecule has 0 N–H and O–H groups in total. The third-order valence-electron chi connectivity index (χ3n) is 8.85. The molecule has 8 rings (SSSR count). The van der Waals surface area contributed by atoms with E-state index in [-0.39, 0.29) is 0 Å². The first kappa shape index (κ1) is 28.3. The number of anilines is 3. The molecule has 0 heterocycles. The summed E-state index contributed by atoms with van der Waals surface area (Å²) in [7, 11) is 0. The second-order valence-electron chi connectivity index (χ2n) is 11.9. The van der Waals surface area contributed by atoms with Gasteiger partial charge in [0.2, 0.25) is 0 Å². The average molecular weight is 600 g/mol. The molecule has 0 amide bonds. The molecule has 0 aliphatic heterocycles. The fraction of sp³-hybridized carbons (Fsp3) is 0. The lowest BCUT2D eigenvalue weighted by atomic mass is 9.97. The normalized spacial score (nSPS) is 11.0. The topological polar surface area (TPSA) is 3.24 Å². The molecule has 0 spiro atoms. The summed E-state index contributed by atoms with van der Waals surface area (Å²) in [6.45, 7) is 0. The predicted molar refractivity (Wildman–Crippen MR) is 200 cm³/mol. The first-order chi connectivity index (χ1) is 23.3. The molecule has 0 aliphatic rings. The monoisotopic (exact) mass is 599 g/mol. The van der Waals surface area contributed by atoms with Crippen molar-refractivity contribution >= 4 is 27.8 Å². The second-order valence-corrected chi connectivity index (χ2v) is 11.9. The van der Waals surface area contributed by atoms with Gasteiger partial charge in [-0.1, -0.05) is 152 Å². The zero-order chi connectivity index (χ0) is 31.4. The van der Waals surface area contributed by atoms with Crippen LogP contribution in [0.25, 0.3) is 55.3 Å². The Bertz CT molecular complexity index is 2270. The van der Waals surface area contributed by atoms with Crippen LogP contribution < -0.4 is 4.90 Å². The summed E-state index contributed by atoms with van der Waals surface area (Å²) in [5.41, 5.74) is 13.0. The van der Waals surface area contributed by atoms with Crippen molar-refractivity contribution in [3.8, 4) is 44.5 Å². The second kappa shape index (κ2) is 12.7. The van der Waals surface area contributed by atoms with Crippen molar-refractivity contribution in [1.29, 1.82) is 0 Å². The van der Waals surface area contributed by atoms with E-state index in [2.05, 4.69) is 205 Å². The lowest BCUT2D eigenvalue weighted by molar-refractivity contribution is 1.28. The van der Waals surface area contributed by atoms with Gasteiger partial charge >= 0.3 is 0 Å². The predicted octanol–water partition coefficient (Wildman–Crippen LogP) is 13.0. The van der Waals surface area contributed by atoms with E-state index in [1.54, 1.807) is 0 Å². The van der Waals surface area contributed by atoms with Crippen molar-refractivity contribution in [1.82, 2.24) is 0 Å².